The summed E-state index contributed by atoms with van der Waals surface area (Å²) in [6, 6.07) is 0. The van der Waals surface area contributed by atoms with Crippen molar-refractivity contribution in [1.82, 2.24) is 4.90 Å². The number of aliphatic imine (C=N–C) groups is 1. The molecule has 0 radical (unpaired) electrons. The van der Waals surface area contributed by atoms with Gasteiger partial charge in [0.05, 0.1) is 18.5 Å². The quantitative estimate of drug-likeness (QED) is 0.657. The Hall–Kier alpha value is -1.42. The average molecular weight is 208 g/mol. The molecule has 1 rings (SSSR count). The molecular formula is C11H16N2O2. The molecular weight excluding hydrogens is 192 g/mol. The van der Waals surface area contributed by atoms with Crippen LogP contribution in [0, 0.1) is 0 Å². The van der Waals surface area contributed by atoms with Crippen molar-refractivity contribution >= 4 is 12.1 Å². The molecule has 1 amide bonds. The summed E-state index contributed by atoms with van der Waals surface area (Å²) in [6.45, 7) is 8.67. The van der Waals surface area contributed by atoms with Gasteiger partial charge in [0, 0.05) is 12.2 Å². The Morgan fingerprint density at radius 3 is 2.93 bits per heavy atom. The van der Waals surface area contributed by atoms with Gasteiger partial charge in [-0.25, -0.2) is 0 Å². The van der Waals surface area contributed by atoms with Gasteiger partial charge >= 0.3 is 0 Å². The third kappa shape index (κ3) is 3.32. The van der Waals surface area contributed by atoms with Crippen molar-refractivity contribution in [3.63, 3.8) is 0 Å². The molecule has 0 aromatic heterocycles. The summed E-state index contributed by atoms with van der Waals surface area (Å²) in [4.78, 5) is 17.3. The number of ether oxygens (including phenoxy) is 1. The molecule has 4 heteroatoms. The molecule has 0 saturated carbocycles. The maximum absolute atomic E-state index is 11.5. The lowest BCUT2D eigenvalue weighted by atomic mass is 10.3. The van der Waals surface area contributed by atoms with Crippen molar-refractivity contribution in [1.29, 1.82) is 0 Å². The van der Waals surface area contributed by atoms with E-state index in [1.165, 1.54) is 0 Å². The van der Waals surface area contributed by atoms with E-state index in [2.05, 4.69) is 11.6 Å². The SMILES string of the molecule is C=C(C)/N=C\C(=C/C)N1CCOCC1=O. The van der Waals surface area contributed by atoms with Crippen molar-refractivity contribution in [3.8, 4) is 0 Å². The fraction of sp³-hybridized carbons (Fsp3) is 0.455. The van der Waals surface area contributed by atoms with Crippen molar-refractivity contribution in [3.05, 3.63) is 24.0 Å². The van der Waals surface area contributed by atoms with Crippen LogP contribution in [0.2, 0.25) is 0 Å². The number of hydrogen-bond donors (Lipinski definition) is 0. The highest BCUT2D eigenvalue weighted by molar-refractivity contribution is 5.89. The second-order valence-electron chi connectivity index (χ2n) is 3.30. The molecule has 0 unspecified atom stereocenters. The zero-order valence-electron chi connectivity index (χ0n) is 9.19. The van der Waals surface area contributed by atoms with E-state index < -0.39 is 0 Å². The Kier molecular flexibility index (Phi) is 4.24. The number of rotatable bonds is 3. The minimum atomic E-state index is -0.0254. The zero-order valence-corrected chi connectivity index (χ0v) is 9.19. The van der Waals surface area contributed by atoms with Crippen LogP contribution >= 0.6 is 0 Å². The third-order valence-corrected chi connectivity index (χ3v) is 2.01. The molecule has 1 saturated heterocycles. The first-order valence-electron chi connectivity index (χ1n) is 4.89. The minimum absolute atomic E-state index is 0.0254. The molecule has 0 bridgehead atoms. The number of carbonyl (C=O) groups excluding carboxylic acids is 1. The molecule has 0 aromatic rings. The van der Waals surface area contributed by atoms with E-state index in [4.69, 9.17) is 4.74 Å². The van der Waals surface area contributed by atoms with E-state index in [1.54, 1.807) is 11.1 Å². The molecule has 0 spiro atoms. The van der Waals surface area contributed by atoms with Crippen LogP contribution in [0.15, 0.2) is 29.0 Å². The molecule has 15 heavy (non-hydrogen) atoms. The predicted octanol–water partition coefficient (Wildman–Crippen LogP) is 1.35. The number of carbonyl (C=O) groups is 1. The lowest BCUT2D eigenvalue weighted by molar-refractivity contribution is -0.139. The van der Waals surface area contributed by atoms with Crippen LogP contribution in [0.4, 0.5) is 0 Å². The molecule has 1 aliphatic heterocycles. The van der Waals surface area contributed by atoms with Gasteiger partial charge in [-0.3, -0.25) is 9.79 Å². The molecule has 1 fully saturated rings. The van der Waals surface area contributed by atoms with Gasteiger partial charge in [-0.1, -0.05) is 12.7 Å². The van der Waals surface area contributed by atoms with Crippen molar-refractivity contribution < 1.29 is 9.53 Å². The van der Waals surface area contributed by atoms with Gasteiger partial charge < -0.3 is 9.64 Å². The molecule has 82 valence electrons. The number of allylic oxidation sites excluding steroid dienone is 3. The molecule has 4 nitrogen and oxygen atoms in total. The molecule has 1 aliphatic rings. The summed E-state index contributed by atoms with van der Waals surface area (Å²) in [5.41, 5.74) is 1.52. The second-order valence-corrected chi connectivity index (χ2v) is 3.30. The summed E-state index contributed by atoms with van der Waals surface area (Å²) in [7, 11) is 0. The maximum Gasteiger partial charge on any atom is 0.253 e. The highest BCUT2D eigenvalue weighted by Gasteiger charge is 2.20. The molecule has 0 N–H and O–H groups in total. The van der Waals surface area contributed by atoms with Crippen LogP contribution < -0.4 is 0 Å². The maximum atomic E-state index is 11.5. The molecule has 0 aromatic carbocycles. The lowest BCUT2D eigenvalue weighted by Gasteiger charge is -2.27. The van der Waals surface area contributed by atoms with Crippen LogP contribution in [0.25, 0.3) is 0 Å². The topological polar surface area (TPSA) is 41.9 Å². The van der Waals surface area contributed by atoms with E-state index in [-0.39, 0.29) is 12.5 Å². The monoisotopic (exact) mass is 208 g/mol. The van der Waals surface area contributed by atoms with E-state index in [0.29, 0.717) is 13.2 Å². The lowest BCUT2D eigenvalue weighted by Crippen LogP contribution is -2.41. The van der Waals surface area contributed by atoms with Gasteiger partial charge in [0.1, 0.15) is 6.61 Å². The summed E-state index contributed by atoms with van der Waals surface area (Å²) in [6.07, 6.45) is 3.52. The van der Waals surface area contributed by atoms with Crippen LogP contribution in [-0.4, -0.2) is 36.8 Å². The number of hydrogen-bond acceptors (Lipinski definition) is 3. The highest BCUT2D eigenvalue weighted by atomic mass is 16.5. The number of morpholine rings is 1. The van der Waals surface area contributed by atoms with Gasteiger partial charge in [0.25, 0.3) is 5.91 Å². The fourth-order valence-corrected chi connectivity index (χ4v) is 1.27. The van der Waals surface area contributed by atoms with Gasteiger partial charge in [-0.2, -0.15) is 0 Å². The predicted molar refractivity (Wildman–Crippen MR) is 59.6 cm³/mol. The number of amides is 1. The van der Waals surface area contributed by atoms with E-state index in [1.807, 2.05) is 19.9 Å². The fourth-order valence-electron chi connectivity index (χ4n) is 1.27. The average Bonchev–Trinajstić information content (AvgIpc) is 2.21. The van der Waals surface area contributed by atoms with E-state index in [9.17, 15) is 4.79 Å². The van der Waals surface area contributed by atoms with Crippen LogP contribution in [0.5, 0.6) is 0 Å². The van der Waals surface area contributed by atoms with Crippen LogP contribution in [0.1, 0.15) is 13.8 Å². The van der Waals surface area contributed by atoms with E-state index in [0.717, 1.165) is 11.4 Å². The summed E-state index contributed by atoms with van der Waals surface area (Å²) >= 11 is 0. The van der Waals surface area contributed by atoms with E-state index >= 15 is 0 Å². The smallest absolute Gasteiger partial charge is 0.253 e. The highest BCUT2D eigenvalue weighted by Crippen LogP contribution is 2.07. The van der Waals surface area contributed by atoms with Crippen LogP contribution in [-0.2, 0) is 9.53 Å². The zero-order chi connectivity index (χ0) is 11.3. The van der Waals surface area contributed by atoms with Crippen molar-refractivity contribution in [2.75, 3.05) is 19.8 Å². The third-order valence-electron chi connectivity index (χ3n) is 2.01. The Bertz CT molecular complexity index is 319. The van der Waals surface area contributed by atoms with Crippen molar-refractivity contribution in [2.24, 2.45) is 4.99 Å². The largest absolute Gasteiger partial charge is 0.370 e. The summed E-state index contributed by atoms with van der Waals surface area (Å²) < 4.78 is 5.05. The van der Waals surface area contributed by atoms with Gasteiger partial charge in [0.15, 0.2) is 0 Å². The van der Waals surface area contributed by atoms with Gasteiger partial charge in [-0.15, -0.1) is 0 Å². The Morgan fingerprint density at radius 2 is 2.40 bits per heavy atom. The first kappa shape index (κ1) is 11.7. The Morgan fingerprint density at radius 1 is 1.67 bits per heavy atom. The Labute approximate surface area is 89.9 Å². The van der Waals surface area contributed by atoms with Gasteiger partial charge in [-0.05, 0) is 13.8 Å². The minimum Gasteiger partial charge on any atom is -0.370 e. The van der Waals surface area contributed by atoms with Crippen molar-refractivity contribution in [2.45, 2.75) is 13.8 Å². The number of nitrogens with zero attached hydrogens (tertiary/aromatic N) is 2. The Balaban J connectivity index is 2.74. The van der Waals surface area contributed by atoms with Crippen LogP contribution in [0.3, 0.4) is 0 Å². The normalized spacial score (nSPS) is 18.7. The first-order valence-corrected chi connectivity index (χ1v) is 4.89. The molecule has 1 heterocycles. The molecule has 0 aliphatic carbocycles. The standard InChI is InChI=1S/C11H16N2O2/c1-4-10(7-12-9(2)3)13-5-6-15-8-11(13)14/h4,7H,2,5-6,8H2,1,3H3/b10-4+,12-7-. The first-order chi connectivity index (χ1) is 7.15. The molecule has 0 atom stereocenters. The summed E-state index contributed by atoms with van der Waals surface area (Å²) in [5, 5.41) is 0. The second kappa shape index (κ2) is 5.46. The van der Waals surface area contributed by atoms with Gasteiger partial charge in [0.2, 0.25) is 0 Å². The summed E-state index contributed by atoms with van der Waals surface area (Å²) in [5.74, 6) is -0.0254.